The van der Waals surface area contributed by atoms with Gasteiger partial charge in [0.25, 0.3) is 5.91 Å². The Morgan fingerprint density at radius 1 is 1.46 bits per heavy atom. The number of amidine groups is 1. The van der Waals surface area contributed by atoms with E-state index in [1.54, 1.807) is 6.08 Å². The fourth-order valence-electron chi connectivity index (χ4n) is 1.32. The third-order valence-corrected chi connectivity index (χ3v) is 2.10. The third-order valence-electron chi connectivity index (χ3n) is 1.94. The molecule has 4 heteroatoms. The molecule has 0 saturated heterocycles. The van der Waals surface area contributed by atoms with E-state index in [4.69, 9.17) is 11.6 Å². The van der Waals surface area contributed by atoms with Crippen molar-refractivity contribution in [1.82, 2.24) is 0 Å². The lowest BCUT2D eigenvalue weighted by Crippen LogP contribution is -2.26. The Hall–Kier alpha value is -1.22. The first-order chi connectivity index (χ1) is 6.16. The van der Waals surface area contributed by atoms with E-state index in [9.17, 15) is 4.79 Å². The van der Waals surface area contributed by atoms with Gasteiger partial charge in [-0.05, 0) is 30.2 Å². The second-order valence-electron chi connectivity index (χ2n) is 2.98. The van der Waals surface area contributed by atoms with Crippen molar-refractivity contribution >= 4 is 28.5 Å². The molecule has 1 amide bonds. The van der Waals surface area contributed by atoms with E-state index in [2.05, 4.69) is 9.98 Å². The van der Waals surface area contributed by atoms with Gasteiger partial charge in [-0.25, -0.2) is 4.99 Å². The van der Waals surface area contributed by atoms with E-state index in [-0.39, 0.29) is 17.1 Å². The molecule has 0 radical (unpaired) electrons. The van der Waals surface area contributed by atoms with Gasteiger partial charge in [0.15, 0.2) is 0 Å². The minimum atomic E-state index is -0.328. The number of amides is 1. The smallest absolute Gasteiger partial charge is 0.261 e. The van der Waals surface area contributed by atoms with Crippen LogP contribution in [0.4, 0.5) is 0 Å². The summed E-state index contributed by atoms with van der Waals surface area (Å²) in [5.74, 6) is -0.568. The number of aliphatic imine (C=N–C) groups is 2. The standard InChI is InChI=1S/C9H7ClN2O/c1-5-2-3-6-7(4-5)11-9(10)12-8(6)13/h2-4,6H,1H3. The number of allylic oxidation sites excluding steroid dienone is 3. The highest BCUT2D eigenvalue weighted by molar-refractivity contribution is 6.67. The number of fused-ring (bicyclic) bond motifs is 1. The molecule has 0 N–H and O–H groups in total. The van der Waals surface area contributed by atoms with Gasteiger partial charge in [-0.1, -0.05) is 12.2 Å². The molecular weight excluding hydrogens is 188 g/mol. The van der Waals surface area contributed by atoms with Gasteiger partial charge in [-0.2, -0.15) is 4.99 Å². The van der Waals surface area contributed by atoms with Crippen LogP contribution in [0.1, 0.15) is 6.92 Å². The van der Waals surface area contributed by atoms with Crippen molar-refractivity contribution in [2.45, 2.75) is 6.92 Å². The lowest BCUT2D eigenvalue weighted by atomic mass is 9.94. The normalized spacial score (nSPS) is 26.2. The molecule has 0 aromatic rings. The van der Waals surface area contributed by atoms with Crippen LogP contribution < -0.4 is 0 Å². The summed E-state index contributed by atoms with van der Waals surface area (Å²) >= 11 is 5.57. The zero-order valence-corrected chi connectivity index (χ0v) is 7.75. The molecule has 13 heavy (non-hydrogen) atoms. The Balaban J connectivity index is 2.46. The first kappa shape index (κ1) is 8.38. The molecule has 66 valence electrons. The molecule has 1 aliphatic carbocycles. The Morgan fingerprint density at radius 3 is 3.00 bits per heavy atom. The topological polar surface area (TPSA) is 41.8 Å². The van der Waals surface area contributed by atoms with E-state index in [0.29, 0.717) is 5.71 Å². The van der Waals surface area contributed by atoms with Gasteiger partial charge in [0.2, 0.25) is 5.29 Å². The monoisotopic (exact) mass is 194 g/mol. The van der Waals surface area contributed by atoms with Gasteiger partial charge in [0.1, 0.15) is 5.92 Å². The van der Waals surface area contributed by atoms with Crippen molar-refractivity contribution in [1.29, 1.82) is 0 Å². The number of hydrogen-bond donors (Lipinski definition) is 0. The number of nitrogens with zero attached hydrogens (tertiary/aromatic N) is 2. The van der Waals surface area contributed by atoms with Crippen molar-refractivity contribution in [3.05, 3.63) is 23.8 Å². The van der Waals surface area contributed by atoms with Crippen LogP contribution >= 0.6 is 11.6 Å². The van der Waals surface area contributed by atoms with Crippen molar-refractivity contribution in [2.24, 2.45) is 15.9 Å². The van der Waals surface area contributed by atoms with E-state index < -0.39 is 0 Å². The molecule has 1 aliphatic heterocycles. The molecule has 2 rings (SSSR count). The number of hydrogen-bond acceptors (Lipinski definition) is 2. The van der Waals surface area contributed by atoms with Gasteiger partial charge >= 0.3 is 0 Å². The maximum Gasteiger partial charge on any atom is 0.261 e. The fourth-order valence-corrected chi connectivity index (χ4v) is 1.50. The van der Waals surface area contributed by atoms with Gasteiger partial charge in [-0.15, -0.1) is 0 Å². The molecular formula is C9H7ClN2O. The lowest BCUT2D eigenvalue weighted by Gasteiger charge is -2.16. The third kappa shape index (κ3) is 1.47. The highest BCUT2D eigenvalue weighted by Gasteiger charge is 2.26. The van der Waals surface area contributed by atoms with Crippen LogP contribution in [-0.2, 0) is 4.79 Å². The minimum absolute atomic E-state index is 0.0237. The van der Waals surface area contributed by atoms with Crippen LogP contribution in [0.15, 0.2) is 33.8 Å². The maximum atomic E-state index is 11.3. The Kier molecular flexibility index (Phi) is 1.88. The predicted molar refractivity (Wildman–Crippen MR) is 52.1 cm³/mol. The lowest BCUT2D eigenvalue weighted by molar-refractivity contribution is -0.118. The quantitative estimate of drug-likeness (QED) is 0.541. The Bertz CT molecular complexity index is 390. The van der Waals surface area contributed by atoms with Crippen molar-refractivity contribution in [3.63, 3.8) is 0 Å². The second-order valence-corrected chi connectivity index (χ2v) is 3.32. The average molecular weight is 195 g/mol. The van der Waals surface area contributed by atoms with E-state index >= 15 is 0 Å². The van der Waals surface area contributed by atoms with E-state index in [1.165, 1.54) is 0 Å². The van der Waals surface area contributed by atoms with Crippen LogP contribution in [0.2, 0.25) is 0 Å². The summed E-state index contributed by atoms with van der Waals surface area (Å²) in [5, 5.41) is 0.0237. The summed E-state index contributed by atoms with van der Waals surface area (Å²) in [6, 6.07) is 0. The zero-order chi connectivity index (χ0) is 9.42. The highest BCUT2D eigenvalue weighted by atomic mass is 35.5. The number of carbonyl (C=O) groups is 1. The van der Waals surface area contributed by atoms with Crippen LogP contribution in [-0.4, -0.2) is 16.9 Å². The van der Waals surface area contributed by atoms with Gasteiger partial charge < -0.3 is 0 Å². The summed E-state index contributed by atoms with van der Waals surface area (Å²) < 4.78 is 0. The summed E-state index contributed by atoms with van der Waals surface area (Å²) in [5.41, 5.74) is 1.75. The molecule has 0 fully saturated rings. The van der Waals surface area contributed by atoms with Crippen molar-refractivity contribution in [2.75, 3.05) is 0 Å². The predicted octanol–water partition coefficient (Wildman–Crippen LogP) is 1.69. The molecule has 3 nitrogen and oxygen atoms in total. The number of carbonyl (C=O) groups excluding carboxylic acids is 1. The second kappa shape index (κ2) is 2.92. The highest BCUT2D eigenvalue weighted by Crippen LogP contribution is 2.19. The molecule has 1 heterocycles. The Morgan fingerprint density at radius 2 is 2.23 bits per heavy atom. The molecule has 0 aromatic carbocycles. The largest absolute Gasteiger partial charge is 0.271 e. The molecule has 0 aromatic heterocycles. The van der Waals surface area contributed by atoms with Crippen molar-refractivity contribution in [3.8, 4) is 0 Å². The SMILES string of the molecule is CC1=CC2=NC(Cl)=NC(=O)C2C=C1. The van der Waals surface area contributed by atoms with Gasteiger partial charge in [0.05, 0.1) is 5.71 Å². The molecule has 0 spiro atoms. The first-order valence-electron chi connectivity index (χ1n) is 3.90. The van der Waals surface area contributed by atoms with E-state index in [1.807, 2.05) is 19.1 Å². The molecule has 1 atom stereocenters. The van der Waals surface area contributed by atoms with Crippen LogP contribution in [0.3, 0.4) is 0 Å². The van der Waals surface area contributed by atoms with Gasteiger partial charge in [0, 0.05) is 0 Å². The van der Waals surface area contributed by atoms with Crippen molar-refractivity contribution < 1.29 is 4.79 Å². The minimum Gasteiger partial charge on any atom is -0.271 e. The molecule has 1 unspecified atom stereocenters. The van der Waals surface area contributed by atoms with Crippen LogP contribution in [0.5, 0.6) is 0 Å². The fraction of sp³-hybridized carbons (Fsp3) is 0.222. The van der Waals surface area contributed by atoms with Crippen LogP contribution in [0.25, 0.3) is 0 Å². The van der Waals surface area contributed by atoms with Crippen LogP contribution in [0, 0.1) is 5.92 Å². The number of rotatable bonds is 0. The maximum absolute atomic E-state index is 11.3. The number of halogens is 1. The molecule has 0 saturated carbocycles. The zero-order valence-electron chi connectivity index (χ0n) is 6.99. The first-order valence-corrected chi connectivity index (χ1v) is 4.28. The Labute approximate surface area is 80.5 Å². The summed E-state index contributed by atoms with van der Waals surface area (Å²) in [7, 11) is 0. The van der Waals surface area contributed by atoms with Gasteiger partial charge in [-0.3, -0.25) is 4.79 Å². The summed E-state index contributed by atoms with van der Waals surface area (Å²) in [4.78, 5) is 18.9. The molecule has 0 bridgehead atoms. The van der Waals surface area contributed by atoms with E-state index in [0.717, 1.165) is 5.57 Å². The average Bonchev–Trinajstić information content (AvgIpc) is 2.02. The molecule has 2 aliphatic rings. The summed E-state index contributed by atoms with van der Waals surface area (Å²) in [6.45, 7) is 1.94. The summed E-state index contributed by atoms with van der Waals surface area (Å²) in [6.07, 6.45) is 5.53.